The van der Waals surface area contributed by atoms with Crippen molar-refractivity contribution in [3.8, 4) is 11.5 Å². The van der Waals surface area contributed by atoms with E-state index in [1.54, 1.807) is 0 Å². The minimum Gasteiger partial charge on any atom is -0.361 e. The van der Waals surface area contributed by atoms with E-state index in [0.29, 0.717) is 5.89 Å². The van der Waals surface area contributed by atoms with Crippen molar-refractivity contribution in [1.82, 2.24) is 15.1 Å². The molecule has 0 saturated heterocycles. The van der Waals surface area contributed by atoms with Crippen molar-refractivity contribution in [3.63, 3.8) is 0 Å². The molecule has 0 radical (unpaired) electrons. The number of hydrogen-bond acceptors (Lipinski definition) is 3. The van der Waals surface area contributed by atoms with Crippen LogP contribution in [0.4, 0.5) is 0 Å². The summed E-state index contributed by atoms with van der Waals surface area (Å²) in [4.78, 5) is 7.45. The van der Waals surface area contributed by atoms with Gasteiger partial charge in [0.25, 0.3) is 5.89 Å². The van der Waals surface area contributed by atoms with Gasteiger partial charge in [0, 0.05) is 29.1 Å². The summed E-state index contributed by atoms with van der Waals surface area (Å²) in [5.74, 6) is 1.32. The zero-order chi connectivity index (χ0) is 11.0. The number of nitrogens with zero attached hydrogens (tertiary/aromatic N) is 2. The lowest BCUT2D eigenvalue weighted by atomic mass is 10.1. The van der Waals surface area contributed by atoms with Crippen LogP contribution in [-0.2, 0) is 6.42 Å². The zero-order valence-electron chi connectivity index (χ0n) is 8.90. The number of fused-ring (bicyclic) bond motifs is 1. The van der Waals surface area contributed by atoms with Crippen LogP contribution in [0, 0.1) is 0 Å². The number of hydrogen-bond donors (Lipinski definition) is 1. The molecule has 0 saturated carbocycles. The molecule has 1 aromatic carbocycles. The molecule has 3 rings (SSSR count). The molecular weight excluding hydrogens is 202 g/mol. The lowest BCUT2D eigenvalue weighted by Crippen LogP contribution is -1.82. The summed E-state index contributed by atoms with van der Waals surface area (Å²) >= 11 is 0. The molecule has 3 aromatic rings. The van der Waals surface area contributed by atoms with E-state index in [-0.39, 0.29) is 0 Å². The molecule has 2 aromatic heterocycles. The van der Waals surface area contributed by atoms with Crippen molar-refractivity contribution in [2.24, 2.45) is 0 Å². The highest BCUT2D eigenvalue weighted by Crippen LogP contribution is 2.22. The highest BCUT2D eigenvalue weighted by atomic mass is 16.5. The zero-order valence-corrected chi connectivity index (χ0v) is 8.90. The van der Waals surface area contributed by atoms with Crippen molar-refractivity contribution in [2.45, 2.75) is 13.3 Å². The number of H-pyrrole nitrogens is 1. The number of nitrogens with one attached hydrogen (secondary N) is 1. The van der Waals surface area contributed by atoms with Crippen molar-refractivity contribution < 1.29 is 4.52 Å². The van der Waals surface area contributed by atoms with Gasteiger partial charge in [-0.1, -0.05) is 12.1 Å². The first-order valence-corrected chi connectivity index (χ1v) is 5.27. The predicted molar refractivity (Wildman–Crippen MR) is 61.0 cm³/mol. The fourth-order valence-electron chi connectivity index (χ4n) is 1.70. The smallest absolute Gasteiger partial charge is 0.257 e. The van der Waals surface area contributed by atoms with Crippen LogP contribution >= 0.6 is 0 Å². The third-order valence-corrected chi connectivity index (χ3v) is 2.58. The maximum absolute atomic E-state index is 5.20. The summed E-state index contributed by atoms with van der Waals surface area (Å²) in [6, 6.07) is 8.06. The van der Waals surface area contributed by atoms with Crippen LogP contribution in [0.3, 0.4) is 0 Å². The molecule has 0 aliphatic carbocycles. The van der Waals surface area contributed by atoms with E-state index in [9.17, 15) is 0 Å². The van der Waals surface area contributed by atoms with E-state index in [1.807, 2.05) is 37.4 Å². The van der Waals surface area contributed by atoms with Gasteiger partial charge in [-0.25, -0.2) is 0 Å². The second-order valence-electron chi connectivity index (χ2n) is 3.65. The van der Waals surface area contributed by atoms with Crippen LogP contribution < -0.4 is 0 Å². The Balaban J connectivity index is 2.10. The maximum Gasteiger partial charge on any atom is 0.257 e. The average molecular weight is 213 g/mol. The van der Waals surface area contributed by atoms with E-state index < -0.39 is 0 Å². The molecule has 0 amide bonds. The Kier molecular flexibility index (Phi) is 1.99. The topological polar surface area (TPSA) is 54.7 Å². The fraction of sp³-hybridized carbons (Fsp3) is 0.167. The summed E-state index contributed by atoms with van der Waals surface area (Å²) in [6.07, 6.45) is 2.70. The van der Waals surface area contributed by atoms with Gasteiger partial charge in [0.1, 0.15) is 0 Å². The third kappa shape index (κ3) is 1.39. The molecule has 4 nitrogen and oxygen atoms in total. The Hall–Kier alpha value is -2.10. The Morgan fingerprint density at radius 1 is 1.31 bits per heavy atom. The van der Waals surface area contributed by atoms with Gasteiger partial charge in [-0.3, -0.25) is 0 Å². The lowest BCUT2D eigenvalue weighted by Gasteiger charge is -1.94. The van der Waals surface area contributed by atoms with E-state index in [0.717, 1.165) is 28.7 Å². The summed E-state index contributed by atoms with van der Waals surface area (Å²) in [5.41, 5.74) is 2.07. The van der Waals surface area contributed by atoms with Gasteiger partial charge >= 0.3 is 0 Å². The van der Waals surface area contributed by atoms with Crippen LogP contribution in [0.5, 0.6) is 0 Å². The molecule has 80 valence electrons. The van der Waals surface area contributed by atoms with E-state index in [1.165, 1.54) is 0 Å². The molecule has 0 bridgehead atoms. The highest BCUT2D eigenvalue weighted by molar-refractivity contribution is 5.83. The minimum absolute atomic E-state index is 0.583. The normalized spacial score (nSPS) is 11.1. The van der Waals surface area contributed by atoms with Crippen molar-refractivity contribution >= 4 is 10.9 Å². The molecule has 0 spiro atoms. The van der Waals surface area contributed by atoms with Crippen LogP contribution in [0.1, 0.15) is 12.7 Å². The molecular formula is C12H11N3O. The monoisotopic (exact) mass is 213 g/mol. The molecule has 0 aliphatic heterocycles. The largest absolute Gasteiger partial charge is 0.361 e. The molecule has 1 N–H and O–H groups in total. The molecule has 0 aliphatic rings. The van der Waals surface area contributed by atoms with Crippen molar-refractivity contribution in [2.75, 3.05) is 0 Å². The summed E-state index contributed by atoms with van der Waals surface area (Å²) in [7, 11) is 0. The Morgan fingerprint density at radius 2 is 2.25 bits per heavy atom. The quantitative estimate of drug-likeness (QED) is 0.712. The third-order valence-electron chi connectivity index (χ3n) is 2.58. The molecule has 0 atom stereocenters. The van der Waals surface area contributed by atoms with Gasteiger partial charge < -0.3 is 9.51 Å². The van der Waals surface area contributed by atoms with Gasteiger partial charge in [0.2, 0.25) is 0 Å². The first-order valence-electron chi connectivity index (χ1n) is 5.27. The number of rotatable bonds is 2. The summed E-state index contributed by atoms with van der Waals surface area (Å²) in [5, 5.41) is 5.03. The first kappa shape index (κ1) is 9.15. The second-order valence-corrected chi connectivity index (χ2v) is 3.65. The predicted octanol–water partition coefficient (Wildman–Crippen LogP) is 2.78. The maximum atomic E-state index is 5.20. The minimum atomic E-state index is 0.583. The number of aryl methyl sites for hydroxylation is 1. The SMILES string of the molecule is CCc1noc(-c2ccc3[nH]ccc3c2)n1. The highest BCUT2D eigenvalue weighted by Gasteiger charge is 2.08. The van der Waals surface area contributed by atoms with Crippen LogP contribution in [0.2, 0.25) is 0 Å². The van der Waals surface area contributed by atoms with Gasteiger partial charge in [0.05, 0.1) is 0 Å². The number of benzene rings is 1. The molecule has 2 heterocycles. The van der Waals surface area contributed by atoms with E-state index in [4.69, 9.17) is 4.52 Å². The Bertz CT molecular complexity index is 624. The standard InChI is InChI=1S/C12H11N3O/c1-2-11-14-12(16-15-11)9-3-4-10-8(7-9)5-6-13-10/h3-7,13H,2H2,1H3. The molecule has 0 unspecified atom stereocenters. The van der Waals surface area contributed by atoms with Crippen LogP contribution in [-0.4, -0.2) is 15.1 Å². The van der Waals surface area contributed by atoms with Gasteiger partial charge in [-0.15, -0.1) is 0 Å². The second kappa shape index (κ2) is 3.48. The molecule has 16 heavy (non-hydrogen) atoms. The van der Waals surface area contributed by atoms with E-state index in [2.05, 4.69) is 15.1 Å². The Morgan fingerprint density at radius 3 is 3.06 bits per heavy atom. The number of aromatic amines is 1. The van der Waals surface area contributed by atoms with Crippen molar-refractivity contribution in [1.29, 1.82) is 0 Å². The van der Waals surface area contributed by atoms with Crippen LogP contribution in [0.25, 0.3) is 22.4 Å². The summed E-state index contributed by atoms with van der Waals surface area (Å²) in [6.45, 7) is 2.00. The van der Waals surface area contributed by atoms with Crippen LogP contribution in [0.15, 0.2) is 35.0 Å². The first-order chi connectivity index (χ1) is 7.86. The molecule has 0 fully saturated rings. The van der Waals surface area contributed by atoms with Gasteiger partial charge in [0.15, 0.2) is 5.82 Å². The summed E-state index contributed by atoms with van der Waals surface area (Å²) < 4.78 is 5.20. The average Bonchev–Trinajstić information content (AvgIpc) is 2.96. The molecule has 4 heteroatoms. The van der Waals surface area contributed by atoms with Gasteiger partial charge in [-0.2, -0.15) is 4.98 Å². The lowest BCUT2D eigenvalue weighted by molar-refractivity contribution is 0.423. The fourth-order valence-corrected chi connectivity index (χ4v) is 1.70. The Labute approximate surface area is 92.3 Å². The number of aromatic nitrogens is 3. The van der Waals surface area contributed by atoms with Crippen molar-refractivity contribution in [3.05, 3.63) is 36.3 Å². The van der Waals surface area contributed by atoms with Gasteiger partial charge in [-0.05, 0) is 24.3 Å². The van der Waals surface area contributed by atoms with E-state index >= 15 is 0 Å².